The molecule has 1 aromatic carbocycles. The molecule has 0 aliphatic rings. The molecule has 2 heterocycles. The molecule has 0 fully saturated rings. The van der Waals surface area contributed by atoms with Gasteiger partial charge in [0.1, 0.15) is 24.2 Å². The van der Waals surface area contributed by atoms with Gasteiger partial charge in [-0.05, 0) is 36.2 Å². The number of aryl methyl sites for hydroxylation is 1. The lowest BCUT2D eigenvalue weighted by molar-refractivity contribution is 0.0928. The zero-order chi connectivity index (χ0) is 16.8. The van der Waals surface area contributed by atoms with Crippen LogP contribution in [0.2, 0.25) is 0 Å². The third-order valence-corrected chi connectivity index (χ3v) is 3.79. The molecule has 3 rings (SSSR count). The van der Waals surface area contributed by atoms with E-state index in [1.807, 2.05) is 53.2 Å². The lowest BCUT2D eigenvalue weighted by Gasteiger charge is -2.15. The quantitative estimate of drug-likeness (QED) is 0.726. The van der Waals surface area contributed by atoms with Gasteiger partial charge < -0.3 is 14.4 Å². The first-order valence-electron chi connectivity index (χ1n) is 8.08. The topological polar surface area (TPSA) is 60.2 Å². The second kappa shape index (κ2) is 7.75. The van der Waals surface area contributed by atoms with Crippen LogP contribution in [-0.2, 0) is 13.0 Å². The van der Waals surface area contributed by atoms with E-state index in [-0.39, 0.29) is 6.61 Å². The number of hydrogen-bond donors (Lipinski definition) is 1. The van der Waals surface area contributed by atoms with Gasteiger partial charge in [0, 0.05) is 18.6 Å². The van der Waals surface area contributed by atoms with Crippen molar-refractivity contribution >= 4 is 0 Å². The lowest BCUT2D eigenvalue weighted by atomic mass is 10.2. The first-order chi connectivity index (χ1) is 11.8. The maximum absolute atomic E-state index is 10.3. The van der Waals surface area contributed by atoms with E-state index < -0.39 is 6.10 Å². The number of ether oxygens (including phenoxy) is 1. The molecule has 0 bridgehead atoms. The second-order valence-electron chi connectivity index (χ2n) is 5.58. The van der Waals surface area contributed by atoms with Gasteiger partial charge in [0.2, 0.25) is 0 Å². The van der Waals surface area contributed by atoms with Gasteiger partial charge in [-0.1, -0.05) is 25.1 Å². The van der Waals surface area contributed by atoms with Gasteiger partial charge in [-0.25, -0.2) is 4.98 Å². The van der Waals surface area contributed by atoms with Crippen molar-refractivity contribution in [3.8, 4) is 17.3 Å². The summed E-state index contributed by atoms with van der Waals surface area (Å²) < 4.78 is 7.55. The Balaban J connectivity index is 1.59. The van der Waals surface area contributed by atoms with Crippen molar-refractivity contribution in [1.29, 1.82) is 0 Å². The van der Waals surface area contributed by atoms with Crippen molar-refractivity contribution in [3.05, 3.63) is 66.6 Å². The summed E-state index contributed by atoms with van der Waals surface area (Å²) in [5.41, 5.74) is 2.05. The van der Waals surface area contributed by atoms with Crippen LogP contribution in [0.15, 0.2) is 61.1 Å². The van der Waals surface area contributed by atoms with Gasteiger partial charge in [0.15, 0.2) is 5.82 Å². The molecule has 3 aromatic rings. The summed E-state index contributed by atoms with van der Waals surface area (Å²) in [6.45, 7) is 2.74. The number of imidazole rings is 1. The normalized spacial score (nSPS) is 12.1. The van der Waals surface area contributed by atoms with Crippen LogP contribution in [0.25, 0.3) is 11.5 Å². The molecule has 0 saturated heterocycles. The van der Waals surface area contributed by atoms with Gasteiger partial charge in [-0.3, -0.25) is 4.98 Å². The Morgan fingerprint density at radius 1 is 1.08 bits per heavy atom. The Labute approximate surface area is 141 Å². The van der Waals surface area contributed by atoms with Gasteiger partial charge >= 0.3 is 0 Å². The Kier molecular flexibility index (Phi) is 5.23. The monoisotopic (exact) mass is 323 g/mol. The number of aromatic nitrogens is 3. The minimum absolute atomic E-state index is 0.227. The summed E-state index contributed by atoms with van der Waals surface area (Å²) in [4.78, 5) is 8.63. The number of rotatable bonds is 7. The molecular formula is C19H21N3O2. The highest BCUT2D eigenvalue weighted by molar-refractivity contribution is 5.49. The zero-order valence-electron chi connectivity index (χ0n) is 13.7. The SMILES string of the molecule is CCc1ccc(OCC(O)Cn2ccnc2-c2ccccn2)cc1. The number of aliphatic hydroxyl groups is 1. The van der Waals surface area contributed by atoms with Crippen LogP contribution in [-0.4, -0.2) is 32.4 Å². The fourth-order valence-corrected chi connectivity index (χ4v) is 2.48. The fourth-order valence-electron chi connectivity index (χ4n) is 2.48. The first-order valence-corrected chi connectivity index (χ1v) is 8.08. The summed E-state index contributed by atoms with van der Waals surface area (Å²) in [5.74, 6) is 1.50. The van der Waals surface area contributed by atoms with E-state index in [2.05, 4.69) is 16.9 Å². The van der Waals surface area contributed by atoms with E-state index in [1.165, 1.54) is 5.56 Å². The molecule has 2 aromatic heterocycles. The van der Waals surface area contributed by atoms with Crippen molar-refractivity contribution < 1.29 is 9.84 Å². The van der Waals surface area contributed by atoms with E-state index in [0.29, 0.717) is 6.54 Å². The van der Waals surface area contributed by atoms with Crippen molar-refractivity contribution in [3.63, 3.8) is 0 Å². The van der Waals surface area contributed by atoms with E-state index in [1.54, 1.807) is 12.4 Å². The summed E-state index contributed by atoms with van der Waals surface area (Å²) in [6, 6.07) is 13.6. The molecule has 1 atom stereocenters. The maximum Gasteiger partial charge on any atom is 0.158 e. The maximum atomic E-state index is 10.3. The van der Waals surface area contributed by atoms with Crippen molar-refractivity contribution in [1.82, 2.24) is 14.5 Å². The molecule has 0 radical (unpaired) electrons. The lowest BCUT2D eigenvalue weighted by Crippen LogP contribution is -2.23. The largest absolute Gasteiger partial charge is 0.491 e. The van der Waals surface area contributed by atoms with Gasteiger partial charge in [0.05, 0.1) is 6.54 Å². The average molecular weight is 323 g/mol. The van der Waals surface area contributed by atoms with E-state index in [4.69, 9.17) is 4.74 Å². The number of aliphatic hydroxyl groups excluding tert-OH is 1. The standard InChI is InChI=1S/C19H21N3O2/c1-2-15-6-8-17(9-7-15)24-14-16(23)13-22-12-11-21-19(22)18-5-3-4-10-20-18/h3-12,16,23H,2,13-14H2,1H3. The molecule has 5 nitrogen and oxygen atoms in total. The number of benzene rings is 1. The zero-order valence-corrected chi connectivity index (χ0v) is 13.7. The summed E-state index contributed by atoms with van der Waals surface area (Å²) in [5, 5.41) is 10.3. The third kappa shape index (κ3) is 4.00. The van der Waals surface area contributed by atoms with Crippen LogP contribution in [0, 0.1) is 0 Å². The Hall–Kier alpha value is -2.66. The fraction of sp³-hybridized carbons (Fsp3) is 0.263. The Morgan fingerprint density at radius 2 is 1.92 bits per heavy atom. The summed E-state index contributed by atoms with van der Waals surface area (Å²) in [7, 11) is 0. The smallest absolute Gasteiger partial charge is 0.158 e. The van der Waals surface area contributed by atoms with Crippen LogP contribution >= 0.6 is 0 Å². The van der Waals surface area contributed by atoms with E-state index in [9.17, 15) is 5.11 Å². The first kappa shape index (κ1) is 16.2. The second-order valence-corrected chi connectivity index (χ2v) is 5.58. The average Bonchev–Trinajstić information content (AvgIpc) is 3.09. The number of hydrogen-bond acceptors (Lipinski definition) is 4. The van der Waals surface area contributed by atoms with Gasteiger partial charge in [0.25, 0.3) is 0 Å². The van der Waals surface area contributed by atoms with Crippen LogP contribution in [0.3, 0.4) is 0 Å². The minimum Gasteiger partial charge on any atom is -0.491 e. The molecule has 1 unspecified atom stereocenters. The molecule has 5 heteroatoms. The van der Waals surface area contributed by atoms with Crippen molar-refractivity contribution in [2.24, 2.45) is 0 Å². The van der Waals surface area contributed by atoms with Crippen LogP contribution in [0.4, 0.5) is 0 Å². The van der Waals surface area contributed by atoms with Crippen LogP contribution in [0.1, 0.15) is 12.5 Å². The molecule has 124 valence electrons. The molecule has 0 aliphatic carbocycles. The third-order valence-electron chi connectivity index (χ3n) is 3.79. The molecule has 0 spiro atoms. The summed E-state index contributed by atoms with van der Waals surface area (Å²) >= 11 is 0. The minimum atomic E-state index is -0.632. The highest BCUT2D eigenvalue weighted by Crippen LogP contribution is 2.16. The number of nitrogens with zero attached hydrogens (tertiary/aromatic N) is 3. The molecule has 1 N–H and O–H groups in total. The highest BCUT2D eigenvalue weighted by Gasteiger charge is 2.12. The van der Waals surface area contributed by atoms with Crippen LogP contribution < -0.4 is 4.74 Å². The van der Waals surface area contributed by atoms with Crippen LogP contribution in [0.5, 0.6) is 5.75 Å². The van der Waals surface area contributed by atoms with E-state index >= 15 is 0 Å². The van der Waals surface area contributed by atoms with Gasteiger partial charge in [-0.2, -0.15) is 0 Å². The number of pyridine rings is 1. The Bertz CT molecular complexity index is 754. The van der Waals surface area contributed by atoms with E-state index in [0.717, 1.165) is 23.7 Å². The molecular weight excluding hydrogens is 302 g/mol. The molecule has 0 aliphatic heterocycles. The Morgan fingerprint density at radius 3 is 2.62 bits per heavy atom. The van der Waals surface area contributed by atoms with Crippen molar-refractivity contribution in [2.45, 2.75) is 26.0 Å². The molecule has 0 saturated carbocycles. The predicted octanol–water partition coefficient (Wildman–Crippen LogP) is 2.95. The van der Waals surface area contributed by atoms with Gasteiger partial charge in [-0.15, -0.1) is 0 Å². The summed E-state index contributed by atoms with van der Waals surface area (Å²) in [6.07, 6.45) is 5.64. The molecule has 24 heavy (non-hydrogen) atoms. The van der Waals surface area contributed by atoms with Crippen molar-refractivity contribution in [2.75, 3.05) is 6.61 Å². The predicted molar refractivity (Wildman–Crippen MR) is 92.8 cm³/mol. The highest BCUT2D eigenvalue weighted by atomic mass is 16.5. The molecule has 0 amide bonds.